The minimum Gasteiger partial charge on any atom is -0.511 e. The van der Waals surface area contributed by atoms with Crippen LogP contribution >= 0.6 is 0 Å². The summed E-state index contributed by atoms with van der Waals surface area (Å²) in [6, 6.07) is 11.4. The summed E-state index contributed by atoms with van der Waals surface area (Å²) in [5.74, 6) is -5.13. The van der Waals surface area contributed by atoms with Gasteiger partial charge in [-0.05, 0) is 54.4 Å². The highest BCUT2D eigenvalue weighted by molar-refractivity contribution is 6.25. The molecule has 3 aliphatic rings. The number of Topliss-reactive ketones (excluding diaryl/α,β-unsaturated/α-hetero) is 3. The van der Waals surface area contributed by atoms with Crippen molar-refractivity contribution in [2.24, 2.45) is 22.7 Å². The molecule has 0 saturated carbocycles. The van der Waals surface area contributed by atoms with E-state index < -0.39 is 56.8 Å². The number of hydrogen-bond donors (Lipinski definition) is 4. The molecule has 1 unspecified atom stereocenters. The number of carbonyl (C=O) groups excluding carboxylic acids is 3. The lowest BCUT2D eigenvalue weighted by atomic mass is 9.44. The molecule has 4 atom stereocenters. The molecule has 5 rings (SSSR count). The van der Waals surface area contributed by atoms with Crippen LogP contribution in [0.5, 0.6) is 5.75 Å². The summed E-state index contributed by atoms with van der Waals surface area (Å²) in [4.78, 5) is 40.9. The normalized spacial score (nSPS) is 28.9. The van der Waals surface area contributed by atoms with Crippen LogP contribution in [-0.4, -0.2) is 43.4 Å². The second kappa shape index (κ2) is 10.1. The molecule has 7 nitrogen and oxygen atoms in total. The van der Waals surface area contributed by atoms with Crippen molar-refractivity contribution < 1.29 is 34.8 Å². The van der Waals surface area contributed by atoms with Gasteiger partial charge in [-0.1, -0.05) is 84.0 Å². The summed E-state index contributed by atoms with van der Waals surface area (Å²) in [7, 11) is 0. The summed E-state index contributed by atoms with van der Waals surface area (Å²) >= 11 is 0. The van der Waals surface area contributed by atoms with Crippen LogP contribution in [0.15, 0.2) is 59.1 Å². The van der Waals surface area contributed by atoms with Gasteiger partial charge in [-0.3, -0.25) is 14.4 Å². The van der Waals surface area contributed by atoms with Gasteiger partial charge in [0.2, 0.25) is 5.78 Å². The number of carbonyl (C=O) groups is 3. The standard InChI is InChI=1S/C36H40O7/c1-18(2)23-15-22(14-13-21-11-9-8-10-12-21)29(38)26-24(23)16-34(6)17-35(7)27(19(3)4)30(39)25(20(5)37)32(41)36(35,43)33(42)28(34)31(26)40/h8-15,18-19,27,38-39,42-43H,16-17H2,1-7H3/b14-13+/t27?,34-,35-,36+/m1/s1. The molecule has 0 fully saturated rings. The molecule has 226 valence electrons. The van der Waals surface area contributed by atoms with E-state index in [0.29, 0.717) is 11.1 Å². The quantitative estimate of drug-likeness (QED) is 0.229. The van der Waals surface area contributed by atoms with Crippen molar-refractivity contribution in [2.45, 2.75) is 72.8 Å². The van der Waals surface area contributed by atoms with Crippen LogP contribution in [-0.2, 0) is 16.0 Å². The van der Waals surface area contributed by atoms with E-state index in [-0.39, 0.29) is 41.6 Å². The summed E-state index contributed by atoms with van der Waals surface area (Å²) in [6.45, 7) is 12.2. The molecule has 4 N–H and O–H groups in total. The highest BCUT2D eigenvalue weighted by atomic mass is 16.3. The Kier molecular flexibility index (Phi) is 7.13. The molecule has 0 aliphatic heterocycles. The monoisotopic (exact) mass is 584 g/mol. The first-order chi connectivity index (χ1) is 20.0. The van der Waals surface area contributed by atoms with Crippen molar-refractivity contribution in [3.8, 4) is 5.75 Å². The molecule has 3 aliphatic carbocycles. The number of aliphatic hydroxyl groups is 3. The van der Waals surface area contributed by atoms with E-state index in [1.165, 1.54) is 0 Å². The van der Waals surface area contributed by atoms with E-state index in [2.05, 4.69) is 0 Å². The zero-order chi connectivity index (χ0) is 31.8. The first-order valence-corrected chi connectivity index (χ1v) is 14.8. The van der Waals surface area contributed by atoms with Crippen LogP contribution < -0.4 is 0 Å². The number of rotatable bonds is 5. The maximum atomic E-state index is 14.5. The molecule has 0 spiro atoms. The van der Waals surface area contributed by atoms with E-state index >= 15 is 0 Å². The van der Waals surface area contributed by atoms with Gasteiger partial charge in [0.1, 0.15) is 22.8 Å². The number of allylic oxidation sites excluding steroid dienone is 2. The van der Waals surface area contributed by atoms with Crippen LogP contribution in [0.25, 0.3) is 12.2 Å². The van der Waals surface area contributed by atoms with E-state index in [0.717, 1.165) is 18.1 Å². The van der Waals surface area contributed by atoms with E-state index in [4.69, 9.17) is 0 Å². The fraction of sp³-hybridized carbons (Fsp3) is 0.417. The van der Waals surface area contributed by atoms with Crippen LogP contribution in [0, 0.1) is 22.7 Å². The highest BCUT2D eigenvalue weighted by Crippen LogP contribution is 2.65. The lowest BCUT2D eigenvalue weighted by Crippen LogP contribution is -2.67. The number of fused-ring (bicyclic) bond motifs is 3. The van der Waals surface area contributed by atoms with Gasteiger partial charge in [-0.15, -0.1) is 0 Å². The van der Waals surface area contributed by atoms with Crippen molar-refractivity contribution in [3.05, 3.63) is 86.9 Å². The summed E-state index contributed by atoms with van der Waals surface area (Å²) in [5, 5.41) is 47.0. The second-order valence-corrected chi connectivity index (χ2v) is 13.6. The Labute approximate surface area is 252 Å². The number of phenolic OH excluding ortho intramolecular Hbond substituents is 1. The molecule has 2 aromatic carbocycles. The molecule has 7 heteroatoms. The predicted octanol–water partition coefficient (Wildman–Crippen LogP) is 6.64. The van der Waals surface area contributed by atoms with Gasteiger partial charge in [-0.2, -0.15) is 0 Å². The van der Waals surface area contributed by atoms with Crippen molar-refractivity contribution >= 4 is 29.5 Å². The number of benzene rings is 2. The van der Waals surface area contributed by atoms with Crippen molar-refractivity contribution in [1.82, 2.24) is 0 Å². The van der Waals surface area contributed by atoms with Gasteiger partial charge in [0.05, 0.1) is 5.56 Å². The minimum atomic E-state index is -2.63. The molecule has 0 saturated heterocycles. The Morgan fingerprint density at radius 2 is 1.63 bits per heavy atom. The number of ketones is 3. The Balaban J connectivity index is 1.78. The van der Waals surface area contributed by atoms with E-state index in [1.54, 1.807) is 13.0 Å². The minimum absolute atomic E-state index is 0.00497. The maximum Gasteiger partial charge on any atom is 0.209 e. The van der Waals surface area contributed by atoms with Gasteiger partial charge in [0.25, 0.3) is 0 Å². The molecular formula is C36H40O7. The van der Waals surface area contributed by atoms with Crippen molar-refractivity contribution in [2.75, 3.05) is 0 Å². The Hall–Kier alpha value is -3.97. The fourth-order valence-corrected chi connectivity index (χ4v) is 8.24. The summed E-state index contributed by atoms with van der Waals surface area (Å²) in [6.07, 6.45) is 3.90. The summed E-state index contributed by atoms with van der Waals surface area (Å²) in [5.41, 5.74) is -2.90. The third-order valence-corrected chi connectivity index (χ3v) is 9.95. The number of phenols is 1. The molecule has 43 heavy (non-hydrogen) atoms. The van der Waals surface area contributed by atoms with Gasteiger partial charge in [0.15, 0.2) is 17.2 Å². The van der Waals surface area contributed by atoms with Crippen molar-refractivity contribution in [3.63, 3.8) is 0 Å². The zero-order valence-corrected chi connectivity index (χ0v) is 25.8. The van der Waals surface area contributed by atoms with Crippen LogP contribution in [0.3, 0.4) is 0 Å². The smallest absolute Gasteiger partial charge is 0.209 e. The molecule has 0 aromatic heterocycles. The van der Waals surface area contributed by atoms with Gasteiger partial charge in [-0.25, -0.2) is 0 Å². The molecule has 2 aromatic rings. The largest absolute Gasteiger partial charge is 0.511 e. The predicted molar refractivity (Wildman–Crippen MR) is 165 cm³/mol. The Morgan fingerprint density at radius 3 is 2.19 bits per heavy atom. The Bertz CT molecular complexity index is 1660. The average Bonchev–Trinajstić information content (AvgIpc) is 2.90. The van der Waals surface area contributed by atoms with Crippen LogP contribution in [0.2, 0.25) is 0 Å². The summed E-state index contributed by atoms with van der Waals surface area (Å²) < 4.78 is 0. The first kappa shape index (κ1) is 30.5. The van der Waals surface area contributed by atoms with E-state index in [1.807, 2.05) is 77.1 Å². The number of hydrogen-bond acceptors (Lipinski definition) is 7. The lowest BCUT2D eigenvalue weighted by molar-refractivity contribution is -0.171. The second-order valence-electron chi connectivity index (χ2n) is 13.6. The number of aliphatic hydroxyl groups excluding tert-OH is 2. The fourth-order valence-electron chi connectivity index (χ4n) is 8.24. The van der Waals surface area contributed by atoms with Crippen molar-refractivity contribution in [1.29, 1.82) is 0 Å². The Morgan fingerprint density at radius 1 is 1.00 bits per heavy atom. The molecule has 0 bridgehead atoms. The maximum absolute atomic E-state index is 14.5. The number of aromatic hydroxyl groups is 1. The first-order valence-electron chi connectivity index (χ1n) is 14.8. The SMILES string of the molecule is CC(=O)C1=C(O)C(C(C)C)[C@@]2(C)C[C@@]3(C)Cc4c(C(C)C)cc(/C=C/c5ccccc5)c(O)c4C(=O)C3=C(O)[C@@]2(O)C1=O. The van der Waals surface area contributed by atoms with Crippen LogP contribution in [0.4, 0.5) is 0 Å². The highest BCUT2D eigenvalue weighted by Gasteiger charge is 2.71. The molecule has 0 heterocycles. The zero-order valence-electron chi connectivity index (χ0n) is 25.8. The molecule has 0 radical (unpaired) electrons. The third-order valence-electron chi connectivity index (χ3n) is 9.95. The molecular weight excluding hydrogens is 544 g/mol. The average molecular weight is 585 g/mol. The van der Waals surface area contributed by atoms with Crippen LogP contribution in [0.1, 0.15) is 93.4 Å². The third kappa shape index (κ3) is 4.15. The van der Waals surface area contributed by atoms with Gasteiger partial charge >= 0.3 is 0 Å². The lowest BCUT2D eigenvalue weighted by Gasteiger charge is -2.59. The molecule has 0 amide bonds. The van der Waals surface area contributed by atoms with Gasteiger partial charge in [0, 0.05) is 27.9 Å². The topological polar surface area (TPSA) is 132 Å². The van der Waals surface area contributed by atoms with E-state index in [9.17, 15) is 34.8 Å². The van der Waals surface area contributed by atoms with Gasteiger partial charge < -0.3 is 20.4 Å².